The average molecular weight is 686 g/mol. The van der Waals surface area contributed by atoms with E-state index in [-0.39, 0.29) is 36.0 Å². The van der Waals surface area contributed by atoms with Crippen molar-refractivity contribution in [3.05, 3.63) is 83.4 Å². The number of amides is 3. The Morgan fingerprint density at radius 2 is 1.63 bits per heavy atom. The molecule has 1 saturated carbocycles. The fourth-order valence-corrected chi connectivity index (χ4v) is 6.55. The average Bonchev–Trinajstić information content (AvgIpc) is 3.68. The highest BCUT2D eigenvalue weighted by Crippen LogP contribution is 2.29. The Balaban J connectivity index is 0.00000468. The number of nitrogens with zero attached hydrogens (tertiary/aromatic N) is 4. The molecule has 1 saturated heterocycles. The molecule has 12 nitrogen and oxygen atoms in total. The van der Waals surface area contributed by atoms with Gasteiger partial charge in [0.1, 0.15) is 6.04 Å². The highest BCUT2D eigenvalue weighted by Gasteiger charge is 2.29. The summed E-state index contributed by atoms with van der Waals surface area (Å²) in [5, 5.41) is 23.3. The zero-order valence-corrected chi connectivity index (χ0v) is 28.5. The molecule has 2 fully saturated rings. The molecule has 0 unspecified atom stereocenters. The van der Waals surface area contributed by atoms with Gasteiger partial charge in [-0.2, -0.15) is 5.21 Å². The lowest BCUT2D eigenvalue weighted by Crippen LogP contribution is -2.48. The van der Waals surface area contributed by atoms with Crippen molar-refractivity contribution < 1.29 is 14.4 Å². The van der Waals surface area contributed by atoms with Crippen molar-refractivity contribution in [3.8, 4) is 22.5 Å². The summed E-state index contributed by atoms with van der Waals surface area (Å²) < 4.78 is 0. The lowest BCUT2D eigenvalue weighted by atomic mass is 9.81. The van der Waals surface area contributed by atoms with Gasteiger partial charge in [0.05, 0.1) is 0 Å². The number of nitrogens with two attached hydrogens (primary N) is 1. The molecule has 13 heteroatoms. The highest BCUT2D eigenvalue weighted by atomic mass is 35.5. The standard InChI is InChI=1S/C36H43N9O3.ClH/c1-23-2-7-29(36(48)45-18-16-38-17-19-45)21-31(23)26-8-3-24(4-9-26)20-32(40-34(46)28-10-5-25(22-37)6-11-28)35(47)39-30-14-12-27(13-15-30)33-41-43-44-42-33;/h2-4,7-9,12-15,21,25,28,32,38H,5-6,10-11,16-20,22,37H2,1H3,(H,39,47)(H,40,46)(H,41,42,43,44);1H/t25?,28?,32-;/m0./s1. The second kappa shape index (κ2) is 16.6. The van der Waals surface area contributed by atoms with Crippen LogP contribution in [0.3, 0.4) is 0 Å². The number of hydrogen-bond donors (Lipinski definition) is 5. The first kappa shape index (κ1) is 35.7. The van der Waals surface area contributed by atoms with Crippen molar-refractivity contribution in [2.45, 2.75) is 45.1 Å². The minimum absolute atomic E-state index is 0. The number of halogens is 1. The molecule has 1 aliphatic heterocycles. The van der Waals surface area contributed by atoms with Gasteiger partial charge in [-0.15, -0.1) is 22.6 Å². The number of piperazine rings is 1. The Morgan fingerprint density at radius 1 is 0.939 bits per heavy atom. The van der Waals surface area contributed by atoms with E-state index in [0.717, 1.165) is 66.6 Å². The van der Waals surface area contributed by atoms with Crippen LogP contribution in [0.5, 0.6) is 0 Å². The number of aryl methyl sites for hydroxylation is 1. The number of rotatable bonds is 10. The van der Waals surface area contributed by atoms with Crippen LogP contribution in [0.2, 0.25) is 0 Å². The molecule has 49 heavy (non-hydrogen) atoms. The molecule has 2 aliphatic rings. The second-order valence-corrected chi connectivity index (χ2v) is 12.8. The first-order chi connectivity index (χ1) is 23.4. The summed E-state index contributed by atoms with van der Waals surface area (Å²) >= 11 is 0. The van der Waals surface area contributed by atoms with Crippen molar-refractivity contribution in [1.29, 1.82) is 0 Å². The molecule has 0 radical (unpaired) electrons. The third-order valence-corrected chi connectivity index (χ3v) is 9.53. The van der Waals surface area contributed by atoms with Gasteiger partial charge >= 0.3 is 0 Å². The molecule has 6 N–H and O–H groups in total. The normalized spacial score (nSPS) is 18.2. The summed E-state index contributed by atoms with van der Waals surface area (Å²) in [6, 6.07) is 20.2. The van der Waals surface area contributed by atoms with Crippen LogP contribution in [0.25, 0.3) is 22.5 Å². The maximum Gasteiger partial charge on any atom is 0.253 e. The predicted molar refractivity (Wildman–Crippen MR) is 191 cm³/mol. The fourth-order valence-electron chi connectivity index (χ4n) is 6.55. The van der Waals surface area contributed by atoms with Crippen LogP contribution < -0.4 is 21.7 Å². The van der Waals surface area contributed by atoms with Gasteiger partial charge in [0.25, 0.3) is 5.91 Å². The molecule has 0 spiro atoms. The van der Waals surface area contributed by atoms with Crippen molar-refractivity contribution in [2.24, 2.45) is 17.6 Å². The zero-order valence-electron chi connectivity index (χ0n) is 27.7. The van der Waals surface area contributed by atoms with E-state index >= 15 is 0 Å². The lowest BCUT2D eigenvalue weighted by Gasteiger charge is -2.28. The molecule has 6 rings (SSSR count). The van der Waals surface area contributed by atoms with Crippen LogP contribution in [0.1, 0.15) is 47.2 Å². The summed E-state index contributed by atoms with van der Waals surface area (Å²) in [6.07, 6.45) is 3.69. The van der Waals surface area contributed by atoms with Gasteiger partial charge in [-0.25, -0.2) is 0 Å². The molecule has 0 bridgehead atoms. The third kappa shape index (κ3) is 8.88. The molecule has 3 amide bonds. The lowest BCUT2D eigenvalue weighted by molar-refractivity contribution is -0.130. The first-order valence-corrected chi connectivity index (χ1v) is 16.7. The molecule has 1 aromatic heterocycles. The van der Waals surface area contributed by atoms with Crippen LogP contribution in [0, 0.1) is 18.8 Å². The van der Waals surface area contributed by atoms with Crippen LogP contribution in [-0.4, -0.2) is 82.0 Å². The van der Waals surface area contributed by atoms with Crippen LogP contribution in [-0.2, 0) is 16.0 Å². The van der Waals surface area contributed by atoms with Gasteiger partial charge in [-0.1, -0.05) is 30.3 Å². The van der Waals surface area contributed by atoms with Crippen LogP contribution in [0.4, 0.5) is 5.69 Å². The van der Waals surface area contributed by atoms with E-state index in [4.69, 9.17) is 5.73 Å². The predicted octanol–water partition coefficient (Wildman–Crippen LogP) is 3.74. The molecule has 258 valence electrons. The quantitative estimate of drug-likeness (QED) is 0.168. The SMILES string of the molecule is Cc1ccc(C(=O)N2CCNCC2)cc1-c1ccc(C[C@H](NC(=O)C2CCC(CN)CC2)C(=O)Nc2ccc(-c3nn[nH]n3)cc2)cc1.Cl. The molecular formula is C36H44ClN9O3. The van der Waals surface area contributed by atoms with Crippen LogP contribution >= 0.6 is 12.4 Å². The van der Waals surface area contributed by atoms with E-state index in [2.05, 4.69) is 36.6 Å². The first-order valence-electron chi connectivity index (χ1n) is 16.7. The summed E-state index contributed by atoms with van der Waals surface area (Å²) in [4.78, 5) is 42.2. The van der Waals surface area contributed by atoms with Gasteiger partial charge in [0.2, 0.25) is 17.6 Å². The van der Waals surface area contributed by atoms with Crippen molar-refractivity contribution in [2.75, 3.05) is 38.0 Å². The summed E-state index contributed by atoms with van der Waals surface area (Å²) in [5.74, 6) is 0.408. The van der Waals surface area contributed by atoms with Crippen molar-refractivity contribution >= 4 is 35.8 Å². The van der Waals surface area contributed by atoms with E-state index < -0.39 is 6.04 Å². The number of hydrogen-bond acceptors (Lipinski definition) is 8. The second-order valence-electron chi connectivity index (χ2n) is 12.8. The van der Waals surface area contributed by atoms with Crippen molar-refractivity contribution in [3.63, 3.8) is 0 Å². The highest BCUT2D eigenvalue weighted by molar-refractivity contribution is 5.98. The maximum absolute atomic E-state index is 13.7. The Labute approximate surface area is 292 Å². The molecular weight excluding hydrogens is 642 g/mol. The van der Waals surface area contributed by atoms with E-state index in [1.807, 2.05) is 54.3 Å². The Hall–Kier alpha value is -4.65. The summed E-state index contributed by atoms with van der Waals surface area (Å²) in [5.41, 5.74) is 11.8. The van der Waals surface area contributed by atoms with E-state index in [1.54, 1.807) is 24.3 Å². The summed E-state index contributed by atoms with van der Waals surface area (Å²) in [7, 11) is 0. The van der Waals surface area contributed by atoms with Gasteiger partial charge in [0, 0.05) is 55.3 Å². The van der Waals surface area contributed by atoms with Gasteiger partial charge in [-0.3, -0.25) is 14.4 Å². The van der Waals surface area contributed by atoms with Crippen molar-refractivity contribution in [1.82, 2.24) is 36.2 Å². The van der Waals surface area contributed by atoms with Gasteiger partial charge in [-0.05, 0) is 109 Å². The molecule has 2 heterocycles. The molecule has 3 aromatic carbocycles. The number of tetrazole rings is 1. The fraction of sp³-hybridized carbons (Fsp3) is 0.389. The largest absolute Gasteiger partial charge is 0.344 e. The minimum Gasteiger partial charge on any atom is -0.344 e. The third-order valence-electron chi connectivity index (χ3n) is 9.53. The number of benzene rings is 3. The van der Waals surface area contributed by atoms with E-state index in [1.165, 1.54) is 0 Å². The van der Waals surface area contributed by atoms with Gasteiger partial charge < -0.3 is 26.6 Å². The summed E-state index contributed by atoms with van der Waals surface area (Å²) in [6.45, 7) is 5.67. The number of nitrogens with one attached hydrogen (secondary N) is 4. The Kier molecular flexibility index (Phi) is 12.1. The number of carbonyl (C=O) groups is 3. The zero-order chi connectivity index (χ0) is 33.5. The molecule has 4 aromatic rings. The monoisotopic (exact) mass is 685 g/mol. The Morgan fingerprint density at radius 3 is 2.29 bits per heavy atom. The topological polar surface area (TPSA) is 171 Å². The smallest absolute Gasteiger partial charge is 0.253 e. The number of carbonyl (C=O) groups excluding carboxylic acids is 3. The van der Waals surface area contributed by atoms with E-state index in [0.29, 0.717) is 49.0 Å². The maximum atomic E-state index is 13.7. The number of aromatic amines is 1. The number of H-pyrrole nitrogens is 1. The van der Waals surface area contributed by atoms with E-state index in [9.17, 15) is 14.4 Å². The van der Waals surface area contributed by atoms with Crippen LogP contribution in [0.15, 0.2) is 66.7 Å². The Bertz CT molecular complexity index is 1700. The number of anilines is 1. The number of aromatic nitrogens is 4. The minimum atomic E-state index is -0.783. The van der Waals surface area contributed by atoms with Gasteiger partial charge in [0.15, 0.2) is 0 Å². The molecule has 1 atom stereocenters. The molecule has 1 aliphatic carbocycles.